The van der Waals surface area contributed by atoms with Crippen LogP contribution in [0, 0.1) is 6.92 Å². The summed E-state index contributed by atoms with van der Waals surface area (Å²) in [5.41, 5.74) is 3.46. The molecule has 0 unspecified atom stereocenters. The van der Waals surface area contributed by atoms with E-state index in [9.17, 15) is 9.59 Å². The molecular formula is C26H24ClN3O2. The molecule has 6 heteroatoms. The highest BCUT2D eigenvalue weighted by Gasteiger charge is 2.17. The van der Waals surface area contributed by atoms with E-state index in [-0.39, 0.29) is 18.0 Å². The predicted octanol–water partition coefficient (Wildman–Crippen LogP) is 5.05. The number of nitrogens with zero attached hydrogens (tertiary/aromatic N) is 2. The van der Waals surface area contributed by atoms with E-state index in [0.29, 0.717) is 41.1 Å². The van der Waals surface area contributed by atoms with Gasteiger partial charge in [-0.15, -0.1) is 0 Å². The first-order chi connectivity index (χ1) is 15.5. The van der Waals surface area contributed by atoms with Gasteiger partial charge in [0, 0.05) is 18.0 Å². The van der Waals surface area contributed by atoms with E-state index in [1.54, 1.807) is 17.0 Å². The first kappa shape index (κ1) is 21.8. The Kier molecular flexibility index (Phi) is 6.66. The van der Waals surface area contributed by atoms with Crippen molar-refractivity contribution >= 4 is 28.4 Å². The summed E-state index contributed by atoms with van der Waals surface area (Å²) in [6, 6.07) is 22.9. The fourth-order valence-corrected chi connectivity index (χ4v) is 3.83. The maximum absolute atomic E-state index is 13.2. The summed E-state index contributed by atoms with van der Waals surface area (Å²) in [6.45, 7) is 2.61. The lowest BCUT2D eigenvalue weighted by Gasteiger charge is -2.23. The smallest absolute Gasteiger partial charge is 0.258 e. The molecule has 0 bridgehead atoms. The molecule has 1 aromatic heterocycles. The Hall–Kier alpha value is -3.44. The molecule has 162 valence electrons. The molecule has 0 aliphatic carbocycles. The highest BCUT2D eigenvalue weighted by molar-refractivity contribution is 6.31. The lowest BCUT2D eigenvalue weighted by Crippen LogP contribution is -2.32. The fraction of sp³-hybridized carbons (Fsp3) is 0.192. The number of para-hydroxylation sites is 1. The SMILES string of the molecule is Cc1ccc(CCC(=O)N(Cc2ccccc2)Cc2nc3ccccc3c(=O)[nH]2)cc1Cl. The monoisotopic (exact) mass is 445 g/mol. The predicted molar refractivity (Wildman–Crippen MR) is 128 cm³/mol. The van der Waals surface area contributed by atoms with Crippen LogP contribution >= 0.6 is 11.6 Å². The van der Waals surface area contributed by atoms with Gasteiger partial charge in [-0.05, 0) is 48.2 Å². The average molecular weight is 446 g/mol. The second kappa shape index (κ2) is 9.79. The number of carbonyl (C=O) groups excluding carboxylic acids is 1. The number of amides is 1. The molecule has 4 rings (SSSR count). The topological polar surface area (TPSA) is 66.1 Å². The highest BCUT2D eigenvalue weighted by Crippen LogP contribution is 2.19. The van der Waals surface area contributed by atoms with E-state index in [0.717, 1.165) is 16.7 Å². The van der Waals surface area contributed by atoms with Crippen LogP contribution in [-0.2, 0) is 24.3 Å². The Balaban J connectivity index is 1.56. The van der Waals surface area contributed by atoms with Crippen molar-refractivity contribution in [2.24, 2.45) is 0 Å². The van der Waals surface area contributed by atoms with Crippen LogP contribution in [0.15, 0.2) is 77.6 Å². The van der Waals surface area contributed by atoms with Gasteiger partial charge >= 0.3 is 0 Å². The number of halogens is 1. The summed E-state index contributed by atoms with van der Waals surface area (Å²) in [5.74, 6) is 0.456. The standard InChI is InChI=1S/C26H24ClN3O2/c1-18-11-12-19(15-22(18)27)13-14-25(31)30(16-20-7-3-2-4-8-20)17-24-28-23-10-6-5-9-21(23)26(32)29-24/h2-12,15H,13-14,16-17H2,1H3,(H,28,29,32). The molecule has 0 saturated carbocycles. The normalized spacial score (nSPS) is 10.9. The molecular weight excluding hydrogens is 422 g/mol. The van der Waals surface area contributed by atoms with Gasteiger partial charge in [-0.2, -0.15) is 0 Å². The number of H-pyrrole nitrogens is 1. The number of hydrogen-bond donors (Lipinski definition) is 1. The molecule has 4 aromatic rings. The summed E-state index contributed by atoms with van der Waals surface area (Å²) in [4.78, 5) is 34.8. The number of hydrogen-bond acceptors (Lipinski definition) is 3. The van der Waals surface area contributed by atoms with E-state index in [1.165, 1.54) is 0 Å². The van der Waals surface area contributed by atoms with Gasteiger partial charge in [0.25, 0.3) is 5.56 Å². The number of aryl methyl sites for hydroxylation is 2. The van der Waals surface area contributed by atoms with Crippen molar-refractivity contribution in [2.45, 2.75) is 32.9 Å². The summed E-state index contributed by atoms with van der Waals surface area (Å²) >= 11 is 6.23. The molecule has 0 atom stereocenters. The zero-order chi connectivity index (χ0) is 22.5. The first-order valence-corrected chi connectivity index (χ1v) is 10.9. The van der Waals surface area contributed by atoms with E-state index in [2.05, 4.69) is 9.97 Å². The number of nitrogens with one attached hydrogen (secondary N) is 1. The summed E-state index contributed by atoms with van der Waals surface area (Å²) in [6.07, 6.45) is 0.926. The Labute approximate surface area is 191 Å². The Morgan fingerprint density at radius 3 is 2.50 bits per heavy atom. The van der Waals surface area contributed by atoms with Crippen molar-refractivity contribution in [3.8, 4) is 0 Å². The molecule has 0 aliphatic rings. The van der Waals surface area contributed by atoms with Crippen LogP contribution in [0.5, 0.6) is 0 Å². The lowest BCUT2D eigenvalue weighted by atomic mass is 10.1. The van der Waals surface area contributed by atoms with Crippen LogP contribution in [0.4, 0.5) is 0 Å². The molecule has 32 heavy (non-hydrogen) atoms. The van der Waals surface area contributed by atoms with Crippen molar-refractivity contribution in [3.05, 3.63) is 111 Å². The van der Waals surface area contributed by atoms with Crippen LogP contribution < -0.4 is 5.56 Å². The number of carbonyl (C=O) groups is 1. The van der Waals surface area contributed by atoms with Crippen molar-refractivity contribution in [3.63, 3.8) is 0 Å². The molecule has 0 spiro atoms. The Morgan fingerprint density at radius 2 is 1.72 bits per heavy atom. The van der Waals surface area contributed by atoms with E-state index in [1.807, 2.05) is 67.6 Å². The van der Waals surface area contributed by atoms with Crippen LogP contribution in [0.3, 0.4) is 0 Å². The minimum absolute atomic E-state index is 0.0126. The van der Waals surface area contributed by atoms with Crippen LogP contribution in [0.25, 0.3) is 10.9 Å². The highest BCUT2D eigenvalue weighted by atomic mass is 35.5. The fourth-order valence-electron chi connectivity index (χ4n) is 3.63. The van der Waals surface area contributed by atoms with Gasteiger partial charge in [-0.25, -0.2) is 4.98 Å². The van der Waals surface area contributed by atoms with Gasteiger partial charge in [0.05, 0.1) is 17.4 Å². The van der Waals surface area contributed by atoms with Crippen molar-refractivity contribution < 1.29 is 4.79 Å². The molecule has 1 heterocycles. The van der Waals surface area contributed by atoms with Crippen molar-refractivity contribution in [2.75, 3.05) is 0 Å². The van der Waals surface area contributed by atoms with Gasteiger partial charge in [-0.3, -0.25) is 9.59 Å². The van der Waals surface area contributed by atoms with Crippen LogP contribution in [0.2, 0.25) is 5.02 Å². The van der Waals surface area contributed by atoms with E-state index in [4.69, 9.17) is 11.6 Å². The third kappa shape index (κ3) is 5.24. The zero-order valence-corrected chi connectivity index (χ0v) is 18.6. The lowest BCUT2D eigenvalue weighted by molar-refractivity contribution is -0.132. The Bertz CT molecular complexity index is 1300. The summed E-state index contributed by atoms with van der Waals surface area (Å²) in [7, 11) is 0. The molecule has 3 aromatic carbocycles. The number of rotatable bonds is 7. The van der Waals surface area contributed by atoms with Gasteiger partial charge < -0.3 is 9.88 Å². The molecule has 0 aliphatic heterocycles. The largest absolute Gasteiger partial charge is 0.331 e. The van der Waals surface area contributed by atoms with Crippen molar-refractivity contribution in [1.82, 2.24) is 14.9 Å². The van der Waals surface area contributed by atoms with Gasteiger partial charge in [0.1, 0.15) is 5.82 Å². The van der Waals surface area contributed by atoms with Crippen molar-refractivity contribution in [1.29, 1.82) is 0 Å². The molecule has 0 radical (unpaired) electrons. The van der Waals surface area contributed by atoms with E-state index < -0.39 is 0 Å². The molecule has 1 amide bonds. The number of fused-ring (bicyclic) bond motifs is 1. The zero-order valence-electron chi connectivity index (χ0n) is 17.8. The number of aromatic amines is 1. The number of aromatic nitrogens is 2. The minimum atomic E-state index is -0.202. The summed E-state index contributed by atoms with van der Waals surface area (Å²) < 4.78 is 0. The second-order valence-corrected chi connectivity index (χ2v) is 8.26. The van der Waals surface area contributed by atoms with Gasteiger partial charge in [0.15, 0.2) is 0 Å². The summed E-state index contributed by atoms with van der Waals surface area (Å²) in [5, 5.41) is 1.24. The third-order valence-electron chi connectivity index (χ3n) is 5.44. The van der Waals surface area contributed by atoms with Gasteiger partial charge in [0.2, 0.25) is 5.91 Å². The molecule has 0 fully saturated rings. The third-order valence-corrected chi connectivity index (χ3v) is 5.84. The maximum Gasteiger partial charge on any atom is 0.258 e. The van der Waals surface area contributed by atoms with Crippen LogP contribution in [-0.4, -0.2) is 20.8 Å². The van der Waals surface area contributed by atoms with E-state index >= 15 is 0 Å². The average Bonchev–Trinajstić information content (AvgIpc) is 2.80. The minimum Gasteiger partial charge on any atom is -0.331 e. The quantitative estimate of drug-likeness (QED) is 0.433. The molecule has 1 N–H and O–H groups in total. The second-order valence-electron chi connectivity index (χ2n) is 7.85. The van der Waals surface area contributed by atoms with Crippen LogP contribution in [0.1, 0.15) is 28.9 Å². The number of benzene rings is 3. The molecule has 0 saturated heterocycles. The molecule has 5 nitrogen and oxygen atoms in total. The first-order valence-electron chi connectivity index (χ1n) is 10.5. The van der Waals surface area contributed by atoms with Gasteiger partial charge in [-0.1, -0.05) is 66.2 Å². The Morgan fingerprint density at radius 1 is 0.969 bits per heavy atom. The maximum atomic E-state index is 13.2.